The molecular weight excluding hydrogens is 335 g/mol. The average Bonchev–Trinajstić information content (AvgIpc) is 2.53. The molecular formula is C17H18ClO4P. The molecule has 1 atom stereocenters. The molecule has 0 fully saturated rings. The second-order valence-electron chi connectivity index (χ2n) is 5.08. The molecule has 0 N–H and O–H groups in total. The number of hydrogen-bond acceptors (Lipinski definition) is 4. The van der Waals surface area contributed by atoms with Gasteiger partial charge in [-0.25, -0.2) is 4.57 Å². The zero-order valence-corrected chi connectivity index (χ0v) is 14.4. The highest BCUT2D eigenvalue weighted by molar-refractivity contribution is 7.53. The second-order valence-corrected chi connectivity index (χ2v) is 7.49. The summed E-state index contributed by atoms with van der Waals surface area (Å²) in [7, 11) is -3.27. The van der Waals surface area contributed by atoms with Crippen LogP contribution < -0.4 is 4.52 Å². The number of carbonyl (C=O) groups excluding carboxylic acids is 1. The molecule has 0 aliphatic heterocycles. The van der Waals surface area contributed by atoms with Gasteiger partial charge in [0, 0.05) is 13.1 Å². The van der Waals surface area contributed by atoms with Gasteiger partial charge in [-0.3, -0.25) is 9.32 Å². The molecule has 0 amide bonds. The van der Waals surface area contributed by atoms with Gasteiger partial charge in [0.1, 0.15) is 5.75 Å². The maximum absolute atomic E-state index is 12.5. The molecule has 23 heavy (non-hydrogen) atoms. The average molecular weight is 353 g/mol. The first-order valence-corrected chi connectivity index (χ1v) is 9.55. The summed E-state index contributed by atoms with van der Waals surface area (Å²) in [4.78, 5) is 10.9. The molecule has 0 spiro atoms. The van der Waals surface area contributed by atoms with E-state index in [2.05, 4.69) is 0 Å². The van der Waals surface area contributed by atoms with Crippen molar-refractivity contribution in [2.45, 2.75) is 19.4 Å². The minimum Gasteiger partial charge on any atom is -0.424 e. The lowest BCUT2D eigenvalue weighted by atomic mass is 10.1. The molecule has 4 nitrogen and oxygen atoms in total. The summed E-state index contributed by atoms with van der Waals surface area (Å²) >= 11 is 5.37. The number of hydrogen-bond donors (Lipinski definition) is 0. The van der Waals surface area contributed by atoms with E-state index >= 15 is 0 Å². The van der Waals surface area contributed by atoms with Crippen molar-refractivity contribution in [1.82, 2.24) is 0 Å². The summed E-state index contributed by atoms with van der Waals surface area (Å²) < 4.78 is 23.5. The van der Waals surface area contributed by atoms with Crippen LogP contribution in [0.15, 0.2) is 54.6 Å². The third kappa shape index (κ3) is 6.19. The van der Waals surface area contributed by atoms with Crippen LogP contribution in [0.1, 0.15) is 17.5 Å². The molecule has 0 aromatic heterocycles. The van der Waals surface area contributed by atoms with E-state index in [0.29, 0.717) is 12.2 Å². The fourth-order valence-electron chi connectivity index (χ4n) is 2.00. The SMILES string of the molecule is CP(=O)(OCc1ccccc1)Oc1ccccc1CCC(=O)Cl. The summed E-state index contributed by atoms with van der Waals surface area (Å²) in [6.07, 6.45) is 0.623. The minimum absolute atomic E-state index is 0.195. The summed E-state index contributed by atoms with van der Waals surface area (Å²) in [5.41, 5.74) is 1.69. The van der Waals surface area contributed by atoms with Crippen molar-refractivity contribution in [3.05, 3.63) is 65.7 Å². The van der Waals surface area contributed by atoms with Crippen LogP contribution >= 0.6 is 19.2 Å². The molecule has 0 bridgehead atoms. The first-order chi connectivity index (χ1) is 11.0. The molecule has 0 saturated heterocycles. The normalized spacial score (nSPS) is 13.3. The number of benzene rings is 2. The van der Waals surface area contributed by atoms with Crippen molar-refractivity contribution in [2.75, 3.05) is 6.66 Å². The molecule has 6 heteroatoms. The van der Waals surface area contributed by atoms with E-state index in [1.807, 2.05) is 42.5 Å². The van der Waals surface area contributed by atoms with Crippen molar-refractivity contribution in [3.63, 3.8) is 0 Å². The first-order valence-electron chi connectivity index (χ1n) is 7.18. The highest BCUT2D eigenvalue weighted by Crippen LogP contribution is 2.46. The van der Waals surface area contributed by atoms with Gasteiger partial charge >= 0.3 is 7.60 Å². The van der Waals surface area contributed by atoms with Crippen LogP contribution in [-0.4, -0.2) is 11.9 Å². The van der Waals surface area contributed by atoms with Gasteiger partial charge in [-0.15, -0.1) is 0 Å². The van der Waals surface area contributed by atoms with E-state index in [-0.39, 0.29) is 13.0 Å². The second kappa shape index (κ2) is 8.30. The van der Waals surface area contributed by atoms with Gasteiger partial charge in [0.2, 0.25) is 5.24 Å². The Labute approximate surface area is 140 Å². The zero-order chi connectivity index (χ0) is 16.7. The summed E-state index contributed by atoms with van der Waals surface area (Å²) in [5.74, 6) is 0.448. The molecule has 1 unspecified atom stereocenters. The number of halogens is 1. The number of para-hydroxylation sites is 1. The molecule has 0 radical (unpaired) electrons. The lowest BCUT2D eigenvalue weighted by Crippen LogP contribution is -2.01. The Morgan fingerprint density at radius 2 is 1.74 bits per heavy atom. The van der Waals surface area contributed by atoms with Gasteiger partial charge in [-0.1, -0.05) is 48.5 Å². The minimum atomic E-state index is -3.27. The number of aryl methyl sites for hydroxylation is 1. The predicted molar refractivity (Wildman–Crippen MR) is 91.0 cm³/mol. The van der Waals surface area contributed by atoms with E-state index in [0.717, 1.165) is 11.1 Å². The van der Waals surface area contributed by atoms with Crippen LogP contribution in [-0.2, 0) is 26.9 Å². The highest BCUT2D eigenvalue weighted by Gasteiger charge is 2.20. The van der Waals surface area contributed by atoms with E-state index in [4.69, 9.17) is 20.6 Å². The van der Waals surface area contributed by atoms with Gasteiger partial charge in [0.05, 0.1) is 6.61 Å². The Morgan fingerprint density at radius 3 is 2.43 bits per heavy atom. The van der Waals surface area contributed by atoms with Crippen LogP contribution in [0.25, 0.3) is 0 Å². The molecule has 0 aliphatic carbocycles. The van der Waals surface area contributed by atoms with Crippen molar-refractivity contribution in [3.8, 4) is 5.75 Å². The van der Waals surface area contributed by atoms with Crippen molar-refractivity contribution in [2.24, 2.45) is 0 Å². The molecule has 2 aromatic rings. The fraction of sp³-hybridized carbons (Fsp3) is 0.235. The first kappa shape index (κ1) is 17.7. The summed E-state index contributed by atoms with van der Waals surface area (Å²) in [5, 5.41) is -0.417. The largest absolute Gasteiger partial charge is 0.424 e. The molecule has 0 aliphatic rings. The van der Waals surface area contributed by atoms with E-state index < -0.39 is 12.8 Å². The van der Waals surface area contributed by atoms with Crippen molar-refractivity contribution in [1.29, 1.82) is 0 Å². The maximum Gasteiger partial charge on any atom is 0.376 e. The quantitative estimate of drug-likeness (QED) is 0.505. The lowest BCUT2D eigenvalue weighted by Gasteiger charge is -2.17. The Hall–Kier alpha value is -1.61. The molecule has 2 rings (SSSR count). The summed E-state index contributed by atoms with van der Waals surface area (Å²) in [6.45, 7) is 1.64. The van der Waals surface area contributed by atoms with Gasteiger partial charge in [-0.2, -0.15) is 0 Å². The monoisotopic (exact) mass is 352 g/mol. The molecule has 2 aromatic carbocycles. The maximum atomic E-state index is 12.5. The predicted octanol–water partition coefficient (Wildman–Crippen LogP) is 4.80. The standard InChI is InChI=1S/C17H18ClO4P/c1-23(20,21-13-14-7-3-2-4-8-14)22-16-10-6-5-9-15(16)11-12-17(18)19/h2-10H,11-13H2,1H3. The third-order valence-electron chi connectivity index (χ3n) is 3.14. The Bertz CT molecular complexity index is 703. The summed E-state index contributed by atoms with van der Waals surface area (Å²) in [6, 6.07) is 16.6. The number of carbonyl (C=O) groups is 1. The Morgan fingerprint density at radius 1 is 1.09 bits per heavy atom. The number of rotatable bonds is 8. The Kier molecular flexibility index (Phi) is 6.40. The molecule has 0 saturated carbocycles. The van der Waals surface area contributed by atoms with Gasteiger partial charge < -0.3 is 4.52 Å². The third-order valence-corrected chi connectivity index (χ3v) is 4.45. The van der Waals surface area contributed by atoms with E-state index in [1.165, 1.54) is 6.66 Å². The molecule has 122 valence electrons. The van der Waals surface area contributed by atoms with Crippen molar-refractivity contribution < 1.29 is 18.4 Å². The van der Waals surface area contributed by atoms with Gasteiger partial charge in [0.25, 0.3) is 0 Å². The van der Waals surface area contributed by atoms with E-state index in [1.54, 1.807) is 12.1 Å². The van der Waals surface area contributed by atoms with Gasteiger partial charge in [0.15, 0.2) is 0 Å². The van der Waals surface area contributed by atoms with E-state index in [9.17, 15) is 9.36 Å². The van der Waals surface area contributed by atoms with Gasteiger partial charge in [-0.05, 0) is 35.2 Å². The van der Waals surface area contributed by atoms with Crippen LogP contribution in [0.4, 0.5) is 0 Å². The van der Waals surface area contributed by atoms with Crippen LogP contribution in [0, 0.1) is 0 Å². The smallest absolute Gasteiger partial charge is 0.376 e. The van der Waals surface area contributed by atoms with Crippen molar-refractivity contribution >= 4 is 24.4 Å². The lowest BCUT2D eigenvalue weighted by molar-refractivity contribution is -0.111. The topological polar surface area (TPSA) is 52.6 Å². The highest BCUT2D eigenvalue weighted by atomic mass is 35.5. The zero-order valence-electron chi connectivity index (χ0n) is 12.8. The van der Waals surface area contributed by atoms with Crippen LogP contribution in [0.3, 0.4) is 0 Å². The van der Waals surface area contributed by atoms with Crippen LogP contribution in [0.2, 0.25) is 0 Å². The fourth-order valence-corrected chi connectivity index (χ4v) is 3.07. The van der Waals surface area contributed by atoms with Crippen LogP contribution in [0.5, 0.6) is 5.75 Å². The Balaban J connectivity index is 2.02. The molecule has 0 heterocycles.